The summed E-state index contributed by atoms with van der Waals surface area (Å²) >= 11 is 5.89. The lowest BCUT2D eigenvalue weighted by molar-refractivity contribution is 0.0950. The van der Waals surface area contributed by atoms with Gasteiger partial charge in [0.2, 0.25) is 0 Å². The third kappa shape index (κ3) is 5.26. The molecule has 1 fully saturated rings. The highest BCUT2D eigenvalue weighted by molar-refractivity contribution is 6.30. The van der Waals surface area contributed by atoms with Gasteiger partial charge in [-0.1, -0.05) is 35.9 Å². The first-order valence-corrected chi connectivity index (χ1v) is 10.1. The molecule has 1 saturated heterocycles. The molecule has 2 aromatic rings. The number of nitrogens with one attached hydrogen (secondary N) is 2. The number of carbonyl (C=O) groups is 2. The molecule has 0 saturated carbocycles. The Kier molecular flexibility index (Phi) is 6.93. The van der Waals surface area contributed by atoms with E-state index in [9.17, 15) is 9.59 Å². The van der Waals surface area contributed by atoms with Crippen LogP contribution in [0.3, 0.4) is 0 Å². The maximum atomic E-state index is 12.6. The van der Waals surface area contributed by atoms with E-state index in [1.54, 1.807) is 0 Å². The predicted molar refractivity (Wildman–Crippen MR) is 112 cm³/mol. The molecule has 3 amide bonds. The number of benzene rings is 2. The molecule has 0 unspecified atom stereocenters. The Morgan fingerprint density at radius 3 is 2.68 bits per heavy atom. The molecule has 2 aromatic carbocycles. The van der Waals surface area contributed by atoms with Crippen LogP contribution in [-0.2, 0) is 6.54 Å². The summed E-state index contributed by atoms with van der Waals surface area (Å²) in [4.78, 5) is 26.6. The van der Waals surface area contributed by atoms with E-state index in [0.29, 0.717) is 30.2 Å². The van der Waals surface area contributed by atoms with Gasteiger partial charge in [-0.15, -0.1) is 0 Å². The summed E-state index contributed by atoms with van der Waals surface area (Å²) in [7, 11) is 0. The number of carbonyl (C=O) groups excluding carboxylic acids is 2. The molecule has 28 heavy (non-hydrogen) atoms. The summed E-state index contributed by atoms with van der Waals surface area (Å²) in [5.74, 6) is 0.147. The zero-order valence-electron chi connectivity index (χ0n) is 16.1. The molecular weight excluding hydrogens is 374 g/mol. The van der Waals surface area contributed by atoms with Crippen LogP contribution in [0.2, 0.25) is 5.02 Å². The Bertz CT molecular complexity index is 823. The molecule has 148 valence electrons. The second-order valence-electron chi connectivity index (χ2n) is 7.06. The Morgan fingerprint density at radius 1 is 1.14 bits per heavy atom. The Morgan fingerprint density at radius 2 is 1.93 bits per heavy atom. The van der Waals surface area contributed by atoms with E-state index in [1.165, 1.54) is 0 Å². The zero-order chi connectivity index (χ0) is 19.9. The van der Waals surface area contributed by atoms with Gasteiger partial charge in [-0.2, -0.15) is 0 Å². The summed E-state index contributed by atoms with van der Waals surface area (Å²) in [6.07, 6.45) is 1.99. The standard InChI is InChI=1S/C22H26ClN3O2/c1-2-24-22(28)26-12-4-7-19(15-26)17-5-3-6-18(13-17)21(27)25-14-16-8-10-20(23)11-9-16/h3,5-6,8-11,13,19H,2,4,7,12,14-15H2,1H3,(H,24,28)(H,25,27)/t19-/m1/s1. The number of likely N-dealkylation sites (tertiary alicyclic amines) is 1. The van der Waals surface area contributed by atoms with E-state index in [1.807, 2.05) is 60.4 Å². The van der Waals surface area contributed by atoms with Crippen molar-refractivity contribution in [2.75, 3.05) is 19.6 Å². The summed E-state index contributed by atoms with van der Waals surface area (Å²) in [5, 5.41) is 6.50. The van der Waals surface area contributed by atoms with E-state index in [-0.39, 0.29) is 17.9 Å². The van der Waals surface area contributed by atoms with Crippen LogP contribution in [0.1, 0.15) is 47.2 Å². The Labute approximate surface area is 171 Å². The van der Waals surface area contributed by atoms with Gasteiger partial charge in [0.05, 0.1) is 0 Å². The Balaban J connectivity index is 1.63. The van der Waals surface area contributed by atoms with Crippen molar-refractivity contribution in [2.24, 2.45) is 0 Å². The van der Waals surface area contributed by atoms with Crippen LogP contribution in [0.15, 0.2) is 48.5 Å². The van der Waals surface area contributed by atoms with Crippen LogP contribution in [0.5, 0.6) is 0 Å². The van der Waals surface area contributed by atoms with Gasteiger partial charge in [0.25, 0.3) is 5.91 Å². The van der Waals surface area contributed by atoms with Gasteiger partial charge >= 0.3 is 6.03 Å². The van der Waals surface area contributed by atoms with Gasteiger partial charge in [-0.05, 0) is 55.2 Å². The third-order valence-electron chi connectivity index (χ3n) is 5.02. The fourth-order valence-corrected chi connectivity index (χ4v) is 3.64. The fraction of sp³-hybridized carbons (Fsp3) is 0.364. The highest BCUT2D eigenvalue weighted by atomic mass is 35.5. The summed E-state index contributed by atoms with van der Waals surface area (Å²) < 4.78 is 0. The maximum Gasteiger partial charge on any atom is 0.317 e. The van der Waals surface area contributed by atoms with Gasteiger partial charge in [-0.3, -0.25) is 4.79 Å². The molecule has 0 spiro atoms. The lowest BCUT2D eigenvalue weighted by Gasteiger charge is -2.33. The Hall–Kier alpha value is -2.53. The van der Waals surface area contributed by atoms with E-state index in [0.717, 1.165) is 30.5 Å². The van der Waals surface area contributed by atoms with Gasteiger partial charge < -0.3 is 15.5 Å². The predicted octanol–water partition coefficient (Wildman–Crippen LogP) is 4.18. The number of hydrogen-bond acceptors (Lipinski definition) is 2. The molecule has 0 radical (unpaired) electrons. The summed E-state index contributed by atoms with van der Waals surface area (Å²) in [6.45, 7) is 4.47. The van der Waals surface area contributed by atoms with Gasteiger partial charge in [0.15, 0.2) is 0 Å². The molecule has 0 bridgehead atoms. The first-order valence-electron chi connectivity index (χ1n) is 9.72. The molecule has 0 aromatic heterocycles. The molecule has 6 heteroatoms. The number of nitrogens with zero attached hydrogens (tertiary/aromatic N) is 1. The van der Waals surface area contributed by atoms with Crippen molar-refractivity contribution in [1.29, 1.82) is 0 Å². The smallest absolute Gasteiger partial charge is 0.317 e. The maximum absolute atomic E-state index is 12.6. The van der Waals surface area contributed by atoms with E-state index in [4.69, 9.17) is 11.6 Å². The van der Waals surface area contributed by atoms with Crippen molar-refractivity contribution in [1.82, 2.24) is 15.5 Å². The summed E-state index contributed by atoms with van der Waals surface area (Å²) in [6, 6.07) is 15.1. The second kappa shape index (κ2) is 9.60. The van der Waals surface area contributed by atoms with E-state index in [2.05, 4.69) is 10.6 Å². The highest BCUT2D eigenvalue weighted by Gasteiger charge is 2.24. The number of rotatable bonds is 5. The largest absolute Gasteiger partial charge is 0.348 e. The number of piperidine rings is 1. The molecule has 1 heterocycles. The van der Waals surface area contributed by atoms with Crippen molar-refractivity contribution in [3.05, 3.63) is 70.2 Å². The van der Waals surface area contributed by atoms with Crippen LogP contribution in [-0.4, -0.2) is 36.5 Å². The van der Waals surface area contributed by atoms with Gasteiger partial charge in [-0.25, -0.2) is 4.79 Å². The van der Waals surface area contributed by atoms with Crippen LogP contribution >= 0.6 is 11.6 Å². The van der Waals surface area contributed by atoms with Gasteiger partial charge in [0.1, 0.15) is 0 Å². The molecular formula is C22H26ClN3O2. The minimum Gasteiger partial charge on any atom is -0.348 e. The lowest BCUT2D eigenvalue weighted by atomic mass is 9.89. The number of urea groups is 1. The molecule has 1 atom stereocenters. The van der Waals surface area contributed by atoms with Crippen molar-refractivity contribution in [2.45, 2.75) is 32.2 Å². The van der Waals surface area contributed by atoms with E-state index >= 15 is 0 Å². The van der Waals surface area contributed by atoms with Crippen molar-refractivity contribution in [3.8, 4) is 0 Å². The first kappa shape index (κ1) is 20.2. The summed E-state index contributed by atoms with van der Waals surface area (Å²) in [5.41, 5.74) is 2.74. The average Bonchev–Trinajstić information content (AvgIpc) is 2.73. The lowest BCUT2D eigenvalue weighted by Crippen LogP contribution is -2.44. The second-order valence-corrected chi connectivity index (χ2v) is 7.49. The monoisotopic (exact) mass is 399 g/mol. The number of halogens is 1. The molecule has 1 aliphatic heterocycles. The number of hydrogen-bond donors (Lipinski definition) is 2. The van der Waals surface area contributed by atoms with Crippen LogP contribution in [0, 0.1) is 0 Å². The molecule has 5 nitrogen and oxygen atoms in total. The molecule has 3 rings (SSSR count). The molecule has 1 aliphatic rings. The molecule has 0 aliphatic carbocycles. The van der Waals surface area contributed by atoms with Crippen LogP contribution in [0.25, 0.3) is 0 Å². The topological polar surface area (TPSA) is 61.4 Å². The minimum atomic E-state index is -0.104. The first-order chi connectivity index (χ1) is 13.6. The normalized spacial score (nSPS) is 16.5. The minimum absolute atomic E-state index is 0.0101. The SMILES string of the molecule is CCNC(=O)N1CCC[C@@H](c2cccc(C(=O)NCc3ccc(Cl)cc3)c2)C1. The van der Waals surface area contributed by atoms with Crippen LogP contribution in [0.4, 0.5) is 4.79 Å². The van der Waals surface area contributed by atoms with Crippen molar-refractivity contribution >= 4 is 23.5 Å². The average molecular weight is 400 g/mol. The fourth-order valence-electron chi connectivity index (χ4n) is 3.52. The quantitative estimate of drug-likeness (QED) is 0.792. The third-order valence-corrected chi connectivity index (χ3v) is 5.28. The van der Waals surface area contributed by atoms with E-state index < -0.39 is 0 Å². The number of amides is 3. The zero-order valence-corrected chi connectivity index (χ0v) is 16.8. The highest BCUT2D eigenvalue weighted by Crippen LogP contribution is 2.27. The molecule has 2 N–H and O–H groups in total. The van der Waals surface area contributed by atoms with Crippen LogP contribution < -0.4 is 10.6 Å². The van der Waals surface area contributed by atoms with Crippen molar-refractivity contribution < 1.29 is 9.59 Å². The van der Waals surface area contributed by atoms with Crippen molar-refractivity contribution in [3.63, 3.8) is 0 Å². The van der Waals surface area contributed by atoms with Gasteiger partial charge in [0, 0.05) is 42.7 Å².